The number of guanidine groups is 1. The molecule has 0 spiro atoms. The van der Waals surface area contributed by atoms with Crippen LogP contribution in [0.15, 0.2) is 4.99 Å². The lowest BCUT2D eigenvalue weighted by molar-refractivity contribution is 0.0389. The molecule has 24 heavy (non-hydrogen) atoms. The van der Waals surface area contributed by atoms with Gasteiger partial charge in [-0.15, -0.1) is 24.0 Å². The molecule has 2 aliphatic rings. The molecule has 0 amide bonds. The van der Waals surface area contributed by atoms with Crippen LogP contribution in [0, 0.1) is 5.92 Å². The highest BCUT2D eigenvalue weighted by Crippen LogP contribution is 2.16. The van der Waals surface area contributed by atoms with Crippen LogP contribution in [0.25, 0.3) is 0 Å². The number of halogens is 1. The number of rotatable bonds is 7. The Balaban J connectivity index is 0.00000288. The van der Waals surface area contributed by atoms with E-state index in [2.05, 4.69) is 39.3 Å². The van der Waals surface area contributed by atoms with Crippen molar-refractivity contribution in [2.75, 3.05) is 66.1 Å². The molecule has 0 aromatic rings. The van der Waals surface area contributed by atoms with E-state index in [0.717, 1.165) is 51.9 Å². The zero-order valence-electron chi connectivity index (χ0n) is 15.6. The van der Waals surface area contributed by atoms with Crippen LogP contribution >= 0.6 is 24.0 Å². The van der Waals surface area contributed by atoms with Crippen LogP contribution in [-0.4, -0.2) is 87.9 Å². The first-order chi connectivity index (χ1) is 11.2. The van der Waals surface area contributed by atoms with Gasteiger partial charge in [0, 0.05) is 45.8 Å². The molecule has 2 fully saturated rings. The fraction of sp³-hybridized carbons (Fsp3) is 0.941. The average Bonchev–Trinajstić information content (AvgIpc) is 3.08. The van der Waals surface area contributed by atoms with Gasteiger partial charge in [0.25, 0.3) is 0 Å². The Bertz CT molecular complexity index is 355. The SMILES string of the molecule is CN=C(NCCN1CCOCC1)NCC(C(C)C)N1CCCC1.I. The summed E-state index contributed by atoms with van der Waals surface area (Å²) in [5.41, 5.74) is 0. The molecule has 2 N–H and O–H groups in total. The van der Waals surface area contributed by atoms with E-state index in [-0.39, 0.29) is 24.0 Å². The van der Waals surface area contributed by atoms with Gasteiger partial charge in [-0.3, -0.25) is 14.8 Å². The van der Waals surface area contributed by atoms with Gasteiger partial charge in [-0.05, 0) is 31.8 Å². The number of hydrogen-bond donors (Lipinski definition) is 2. The number of aliphatic imine (C=N–C) groups is 1. The fourth-order valence-corrected chi connectivity index (χ4v) is 3.44. The van der Waals surface area contributed by atoms with E-state index in [0.29, 0.717) is 12.0 Å². The number of morpholine rings is 1. The molecular formula is C17H36IN5O. The average molecular weight is 453 g/mol. The van der Waals surface area contributed by atoms with Crippen molar-refractivity contribution in [2.45, 2.75) is 32.7 Å². The van der Waals surface area contributed by atoms with Gasteiger partial charge in [-0.25, -0.2) is 0 Å². The van der Waals surface area contributed by atoms with Gasteiger partial charge in [0.15, 0.2) is 5.96 Å². The molecule has 1 atom stereocenters. The van der Waals surface area contributed by atoms with Crippen LogP contribution in [0.2, 0.25) is 0 Å². The summed E-state index contributed by atoms with van der Waals surface area (Å²) in [5, 5.41) is 6.96. The van der Waals surface area contributed by atoms with Crippen molar-refractivity contribution in [1.82, 2.24) is 20.4 Å². The number of ether oxygens (including phenoxy) is 1. The van der Waals surface area contributed by atoms with Crippen LogP contribution in [0.5, 0.6) is 0 Å². The number of likely N-dealkylation sites (tertiary alicyclic amines) is 1. The van der Waals surface area contributed by atoms with Crippen LogP contribution < -0.4 is 10.6 Å². The van der Waals surface area contributed by atoms with Crippen molar-refractivity contribution >= 4 is 29.9 Å². The molecule has 142 valence electrons. The van der Waals surface area contributed by atoms with E-state index in [1.807, 2.05) is 7.05 Å². The minimum Gasteiger partial charge on any atom is -0.379 e. The Kier molecular flexibility index (Phi) is 11.2. The molecule has 6 nitrogen and oxygen atoms in total. The topological polar surface area (TPSA) is 52.1 Å². The quantitative estimate of drug-likeness (QED) is 0.345. The van der Waals surface area contributed by atoms with Crippen LogP contribution in [-0.2, 0) is 4.74 Å². The second-order valence-corrected chi connectivity index (χ2v) is 6.89. The van der Waals surface area contributed by atoms with Crippen molar-refractivity contribution in [2.24, 2.45) is 10.9 Å². The van der Waals surface area contributed by atoms with Gasteiger partial charge < -0.3 is 15.4 Å². The lowest BCUT2D eigenvalue weighted by atomic mass is 10.0. The van der Waals surface area contributed by atoms with Crippen LogP contribution in [0.3, 0.4) is 0 Å². The van der Waals surface area contributed by atoms with Crippen molar-refractivity contribution in [3.8, 4) is 0 Å². The van der Waals surface area contributed by atoms with Crippen molar-refractivity contribution in [3.05, 3.63) is 0 Å². The molecule has 0 bridgehead atoms. The Morgan fingerprint density at radius 1 is 1.08 bits per heavy atom. The fourth-order valence-electron chi connectivity index (χ4n) is 3.44. The lowest BCUT2D eigenvalue weighted by Crippen LogP contribution is -2.49. The molecule has 2 aliphatic heterocycles. The molecular weight excluding hydrogens is 417 g/mol. The third-order valence-corrected chi connectivity index (χ3v) is 4.91. The zero-order chi connectivity index (χ0) is 16.5. The predicted molar refractivity (Wildman–Crippen MR) is 111 cm³/mol. The molecule has 7 heteroatoms. The third kappa shape index (κ3) is 7.41. The summed E-state index contributed by atoms with van der Waals surface area (Å²) in [6.45, 7) is 13.9. The van der Waals surface area contributed by atoms with Crippen LogP contribution in [0.4, 0.5) is 0 Å². The molecule has 0 saturated carbocycles. The van der Waals surface area contributed by atoms with Gasteiger partial charge in [0.05, 0.1) is 13.2 Å². The highest BCUT2D eigenvalue weighted by Gasteiger charge is 2.24. The second kappa shape index (κ2) is 12.3. The van der Waals surface area contributed by atoms with Crippen molar-refractivity contribution in [1.29, 1.82) is 0 Å². The summed E-state index contributed by atoms with van der Waals surface area (Å²) >= 11 is 0. The Labute approximate surface area is 164 Å². The molecule has 0 aromatic carbocycles. The maximum Gasteiger partial charge on any atom is 0.191 e. The third-order valence-electron chi connectivity index (χ3n) is 4.91. The number of nitrogens with zero attached hydrogens (tertiary/aromatic N) is 3. The monoisotopic (exact) mass is 453 g/mol. The largest absolute Gasteiger partial charge is 0.379 e. The van der Waals surface area contributed by atoms with E-state index in [1.54, 1.807) is 0 Å². The van der Waals surface area contributed by atoms with E-state index in [4.69, 9.17) is 4.74 Å². The molecule has 2 rings (SSSR count). The first-order valence-electron chi connectivity index (χ1n) is 9.19. The summed E-state index contributed by atoms with van der Waals surface area (Å²) < 4.78 is 5.38. The summed E-state index contributed by atoms with van der Waals surface area (Å²) in [5.74, 6) is 1.58. The minimum atomic E-state index is 0. The second-order valence-electron chi connectivity index (χ2n) is 6.89. The Hall–Kier alpha value is -0.120. The first kappa shape index (κ1) is 21.9. The Morgan fingerprint density at radius 2 is 1.75 bits per heavy atom. The smallest absolute Gasteiger partial charge is 0.191 e. The summed E-state index contributed by atoms with van der Waals surface area (Å²) in [6.07, 6.45) is 2.69. The first-order valence-corrected chi connectivity index (χ1v) is 9.19. The predicted octanol–water partition coefficient (Wildman–Crippen LogP) is 1.22. The molecule has 2 heterocycles. The van der Waals surface area contributed by atoms with E-state index < -0.39 is 0 Å². The normalized spacial score (nSPS) is 21.6. The highest BCUT2D eigenvalue weighted by atomic mass is 127. The van der Waals surface area contributed by atoms with Gasteiger partial charge in [0.2, 0.25) is 0 Å². The molecule has 1 unspecified atom stereocenters. The van der Waals surface area contributed by atoms with E-state index in [9.17, 15) is 0 Å². The van der Waals surface area contributed by atoms with E-state index in [1.165, 1.54) is 25.9 Å². The summed E-state index contributed by atoms with van der Waals surface area (Å²) in [6, 6.07) is 0.593. The lowest BCUT2D eigenvalue weighted by Gasteiger charge is -2.31. The molecule has 2 saturated heterocycles. The van der Waals surface area contributed by atoms with Gasteiger partial charge in [-0.1, -0.05) is 13.8 Å². The van der Waals surface area contributed by atoms with Crippen molar-refractivity contribution < 1.29 is 4.74 Å². The Morgan fingerprint density at radius 3 is 2.33 bits per heavy atom. The minimum absolute atomic E-state index is 0. The molecule has 0 aromatic heterocycles. The maximum absolute atomic E-state index is 5.38. The standard InChI is InChI=1S/C17H35N5O.HI/c1-15(2)16(22-7-4-5-8-22)14-20-17(18-3)19-6-9-21-10-12-23-13-11-21;/h15-16H,4-14H2,1-3H3,(H2,18,19,20);1H. The van der Waals surface area contributed by atoms with Gasteiger partial charge >= 0.3 is 0 Å². The number of hydrogen-bond acceptors (Lipinski definition) is 4. The van der Waals surface area contributed by atoms with Gasteiger partial charge in [-0.2, -0.15) is 0 Å². The van der Waals surface area contributed by atoms with E-state index >= 15 is 0 Å². The maximum atomic E-state index is 5.38. The molecule has 0 aliphatic carbocycles. The molecule has 0 radical (unpaired) electrons. The van der Waals surface area contributed by atoms with Gasteiger partial charge in [0.1, 0.15) is 0 Å². The summed E-state index contributed by atoms with van der Waals surface area (Å²) in [4.78, 5) is 9.42. The zero-order valence-corrected chi connectivity index (χ0v) is 17.9. The number of nitrogens with one attached hydrogen (secondary N) is 2. The van der Waals surface area contributed by atoms with Crippen molar-refractivity contribution in [3.63, 3.8) is 0 Å². The van der Waals surface area contributed by atoms with Crippen LogP contribution in [0.1, 0.15) is 26.7 Å². The highest BCUT2D eigenvalue weighted by molar-refractivity contribution is 14.0. The summed E-state index contributed by atoms with van der Waals surface area (Å²) in [7, 11) is 1.85.